The normalized spacial score (nSPS) is 14.5. The Balaban J connectivity index is 1.68. The molecule has 1 fully saturated rings. The van der Waals surface area contributed by atoms with Crippen LogP contribution in [-0.2, 0) is 26.2 Å². The van der Waals surface area contributed by atoms with Crippen LogP contribution in [0.25, 0.3) is 0 Å². The van der Waals surface area contributed by atoms with E-state index in [1.165, 1.54) is 4.90 Å². The van der Waals surface area contributed by atoms with Crippen LogP contribution >= 0.6 is 15.9 Å². The highest BCUT2D eigenvalue weighted by Crippen LogP contribution is 2.26. The first-order valence-electron chi connectivity index (χ1n) is 13.5. The molecule has 1 N–H and O–H groups in total. The Bertz CT molecular complexity index is 1440. The summed E-state index contributed by atoms with van der Waals surface area (Å²) in [6.45, 7) is 5.18. The molecule has 7 nitrogen and oxygen atoms in total. The quantitative estimate of drug-likeness (QED) is 0.311. The lowest BCUT2D eigenvalue weighted by atomic mass is 10.1. The van der Waals surface area contributed by atoms with Crippen LogP contribution in [-0.4, -0.2) is 43.8 Å². The first-order chi connectivity index (χ1) is 19.0. The zero-order valence-electron chi connectivity index (χ0n) is 23.1. The van der Waals surface area contributed by atoms with Crippen LogP contribution in [0, 0.1) is 13.8 Å². The third-order valence-electron chi connectivity index (χ3n) is 7.31. The van der Waals surface area contributed by atoms with Gasteiger partial charge >= 0.3 is 0 Å². The molecule has 3 aromatic rings. The molecule has 1 atom stereocenters. The molecular formula is C31H36BrN3O4S. The minimum absolute atomic E-state index is 0.0962. The van der Waals surface area contributed by atoms with Crippen LogP contribution in [0.15, 0.2) is 82.2 Å². The molecule has 212 valence electrons. The molecule has 2 amide bonds. The maximum atomic E-state index is 14.0. The Morgan fingerprint density at radius 2 is 1.60 bits per heavy atom. The highest BCUT2D eigenvalue weighted by Gasteiger charge is 2.33. The Hall–Kier alpha value is -3.17. The molecule has 0 aromatic heterocycles. The number of amides is 2. The van der Waals surface area contributed by atoms with Crippen LogP contribution in [0.5, 0.6) is 0 Å². The summed E-state index contributed by atoms with van der Waals surface area (Å²) in [5.41, 5.74) is 3.02. The number of hydrogen-bond donors (Lipinski definition) is 1. The second kappa shape index (κ2) is 13.0. The molecule has 0 spiro atoms. The molecule has 0 bridgehead atoms. The Morgan fingerprint density at radius 1 is 0.950 bits per heavy atom. The fraction of sp³-hybridized carbons (Fsp3) is 0.355. The maximum Gasteiger partial charge on any atom is 0.264 e. The predicted octanol–water partition coefficient (Wildman–Crippen LogP) is 5.74. The molecule has 1 aliphatic rings. The van der Waals surface area contributed by atoms with Crippen molar-refractivity contribution in [2.24, 2.45) is 0 Å². The minimum atomic E-state index is -4.08. The molecule has 4 rings (SSSR count). The number of carbonyl (C=O) groups excluding carboxylic acids is 2. The highest BCUT2D eigenvalue weighted by molar-refractivity contribution is 9.10. The number of carbonyl (C=O) groups is 2. The second-order valence-electron chi connectivity index (χ2n) is 10.5. The third-order valence-corrected chi connectivity index (χ3v) is 9.63. The van der Waals surface area contributed by atoms with Gasteiger partial charge in [-0.2, -0.15) is 0 Å². The summed E-state index contributed by atoms with van der Waals surface area (Å²) in [5.74, 6) is -0.699. The number of nitrogens with one attached hydrogen (secondary N) is 1. The first-order valence-corrected chi connectivity index (χ1v) is 15.8. The van der Waals surface area contributed by atoms with Crippen LogP contribution in [0.1, 0.15) is 49.3 Å². The summed E-state index contributed by atoms with van der Waals surface area (Å²) in [6.07, 6.45) is 4.00. The lowest BCUT2D eigenvalue weighted by Gasteiger charge is -2.32. The van der Waals surface area contributed by atoms with E-state index in [0.717, 1.165) is 51.2 Å². The van der Waals surface area contributed by atoms with Gasteiger partial charge in [0.1, 0.15) is 12.6 Å². The SMILES string of the molecule is Cc1ccc(S(=O)(=O)N(CC(=O)N(Cc2ccc(Br)cc2)C(C)C(=O)NC2CCCC2)c2cccc(C)c2)cc1. The average molecular weight is 627 g/mol. The van der Waals surface area contributed by atoms with E-state index in [2.05, 4.69) is 21.2 Å². The molecule has 1 aliphatic carbocycles. The zero-order valence-corrected chi connectivity index (χ0v) is 25.5. The van der Waals surface area contributed by atoms with E-state index >= 15 is 0 Å². The van der Waals surface area contributed by atoms with E-state index in [9.17, 15) is 18.0 Å². The van der Waals surface area contributed by atoms with Crippen molar-refractivity contribution in [1.29, 1.82) is 0 Å². The number of halogens is 1. The van der Waals surface area contributed by atoms with Crippen LogP contribution in [0.2, 0.25) is 0 Å². The Morgan fingerprint density at radius 3 is 2.23 bits per heavy atom. The molecule has 0 saturated heterocycles. The summed E-state index contributed by atoms with van der Waals surface area (Å²) in [6, 6.07) is 20.5. The average Bonchev–Trinajstić information content (AvgIpc) is 3.44. The third kappa shape index (κ3) is 7.31. The number of anilines is 1. The van der Waals surface area contributed by atoms with Gasteiger partial charge in [0, 0.05) is 17.1 Å². The first kappa shape index (κ1) is 29.8. The largest absolute Gasteiger partial charge is 0.352 e. The summed E-state index contributed by atoms with van der Waals surface area (Å²) in [5, 5.41) is 3.09. The molecule has 40 heavy (non-hydrogen) atoms. The molecule has 0 aliphatic heterocycles. The number of rotatable bonds is 10. The van der Waals surface area contributed by atoms with Crippen molar-refractivity contribution in [1.82, 2.24) is 10.2 Å². The van der Waals surface area contributed by atoms with Gasteiger partial charge in [0.15, 0.2) is 0 Å². The van der Waals surface area contributed by atoms with Crippen molar-refractivity contribution in [3.05, 3.63) is 94.0 Å². The van der Waals surface area contributed by atoms with Gasteiger partial charge < -0.3 is 10.2 Å². The summed E-state index contributed by atoms with van der Waals surface area (Å²) >= 11 is 3.44. The molecule has 1 unspecified atom stereocenters. The van der Waals surface area contributed by atoms with E-state index in [4.69, 9.17) is 0 Å². The van der Waals surface area contributed by atoms with Crippen molar-refractivity contribution >= 4 is 43.5 Å². The van der Waals surface area contributed by atoms with Crippen molar-refractivity contribution in [3.8, 4) is 0 Å². The van der Waals surface area contributed by atoms with Crippen LogP contribution < -0.4 is 9.62 Å². The summed E-state index contributed by atoms with van der Waals surface area (Å²) < 4.78 is 29.9. The van der Waals surface area contributed by atoms with E-state index in [-0.39, 0.29) is 23.4 Å². The van der Waals surface area contributed by atoms with Gasteiger partial charge in [-0.05, 0) is 81.1 Å². The van der Waals surface area contributed by atoms with Crippen LogP contribution in [0.3, 0.4) is 0 Å². The smallest absolute Gasteiger partial charge is 0.264 e. The van der Waals surface area contributed by atoms with E-state index in [0.29, 0.717) is 5.69 Å². The number of sulfonamides is 1. The lowest BCUT2D eigenvalue weighted by Crippen LogP contribution is -2.52. The van der Waals surface area contributed by atoms with Crippen molar-refractivity contribution in [2.45, 2.75) is 70.0 Å². The molecule has 9 heteroatoms. The number of aryl methyl sites for hydroxylation is 2. The molecule has 1 saturated carbocycles. The molecule has 0 heterocycles. The molecule has 0 radical (unpaired) electrons. The van der Waals surface area contributed by atoms with Gasteiger partial charge in [-0.1, -0.05) is 70.7 Å². The number of benzene rings is 3. The predicted molar refractivity (Wildman–Crippen MR) is 161 cm³/mol. The van der Waals surface area contributed by atoms with Gasteiger partial charge in [0.2, 0.25) is 11.8 Å². The van der Waals surface area contributed by atoms with Crippen molar-refractivity contribution < 1.29 is 18.0 Å². The van der Waals surface area contributed by atoms with Gasteiger partial charge in [-0.25, -0.2) is 8.42 Å². The zero-order chi connectivity index (χ0) is 28.9. The Labute approximate surface area is 245 Å². The van der Waals surface area contributed by atoms with Crippen LogP contribution in [0.4, 0.5) is 5.69 Å². The molecule has 3 aromatic carbocycles. The van der Waals surface area contributed by atoms with Gasteiger partial charge in [-0.3, -0.25) is 13.9 Å². The fourth-order valence-corrected chi connectivity index (χ4v) is 6.58. The lowest BCUT2D eigenvalue weighted by molar-refractivity contribution is -0.139. The van der Waals surface area contributed by atoms with E-state index < -0.39 is 28.5 Å². The molecular weight excluding hydrogens is 590 g/mol. The summed E-state index contributed by atoms with van der Waals surface area (Å²) in [7, 11) is -4.08. The monoisotopic (exact) mass is 625 g/mol. The van der Waals surface area contributed by atoms with Gasteiger partial charge in [0.25, 0.3) is 10.0 Å². The Kier molecular flexibility index (Phi) is 9.68. The number of hydrogen-bond acceptors (Lipinski definition) is 4. The number of nitrogens with zero attached hydrogens (tertiary/aromatic N) is 2. The van der Waals surface area contributed by atoms with Crippen molar-refractivity contribution in [2.75, 3.05) is 10.8 Å². The van der Waals surface area contributed by atoms with E-state index in [1.807, 2.05) is 44.2 Å². The topological polar surface area (TPSA) is 86.8 Å². The highest BCUT2D eigenvalue weighted by atomic mass is 79.9. The van der Waals surface area contributed by atoms with Crippen molar-refractivity contribution in [3.63, 3.8) is 0 Å². The van der Waals surface area contributed by atoms with Gasteiger partial charge in [-0.15, -0.1) is 0 Å². The van der Waals surface area contributed by atoms with E-state index in [1.54, 1.807) is 49.4 Å². The maximum absolute atomic E-state index is 14.0. The fourth-order valence-electron chi connectivity index (χ4n) is 4.91. The minimum Gasteiger partial charge on any atom is -0.352 e. The summed E-state index contributed by atoms with van der Waals surface area (Å²) in [4.78, 5) is 28.9. The second-order valence-corrected chi connectivity index (χ2v) is 13.3. The van der Waals surface area contributed by atoms with Gasteiger partial charge in [0.05, 0.1) is 10.6 Å². The standard InChI is InChI=1S/C31H36BrN3O4S/c1-22-11-17-29(18-12-22)40(38,39)35(28-10-6-7-23(2)19-28)21-30(36)34(20-25-13-15-26(32)16-14-25)24(3)31(37)33-27-8-4-5-9-27/h6-7,10-19,24,27H,4-5,8-9,20-21H2,1-3H3,(H,33,37).